The molecular formula is C27H34ClN3O5S. The van der Waals surface area contributed by atoms with E-state index in [0.717, 1.165) is 49.3 Å². The second-order valence-electron chi connectivity index (χ2n) is 8.86. The van der Waals surface area contributed by atoms with E-state index in [1.165, 1.54) is 10.5 Å². The molecule has 2 amide bonds. The number of rotatable bonds is 12. The fraction of sp³-hybridized carbons (Fsp3) is 0.444. The molecular weight excluding hydrogens is 514 g/mol. The first-order valence-electron chi connectivity index (χ1n) is 12.5. The van der Waals surface area contributed by atoms with Crippen LogP contribution in [0.1, 0.15) is 29.3 Å². The van der Waals surface area contributed by atoms with Gasteiger partial charge in [0, 0.05) is 55.5 Å². The van der Waals surface area contributed by atoms with Gasteiger partial charge in [0.1, 0.15) is 0 Å². The summed E-state index contributed by atoms with van der Waals surface area (Å²) in [6.07, 6.45) is 1.67. The van der Waals surface area contributed by atoms with Crippen molar-refractivity contribution in [2.75, 3.05) is 56.5 Å². The van der Waals surface area contributed by atoms with Gasteiger partial charge >= 0.3 is 5.97 Å². The highest BCUT2D eigenvalue weighted by Crippen LogP contribution is 2.22. The molecule has 8 nitrogen and oxygen atoms in total. The second kappa shape index (κ2) is 14.4. The maximum atomic E-state index is 13.1. The minimum atomic E-state index is -1.25. The van der Waals surface area contributed by atoms with Gasteiger partial charge in [-0.05, 0) is 60.6 Å². The molecule has 2 aromatic rings. The van der Waals surface area contributed by atoms with Crippen LogP contribution in [0.15, 0.2) is 48.5 Å². The minimum absolute atomic E-state index is 0.0272. The molecule has 1 unspecified atom stereocenters. The number of carbonyl (C=O) groups is 3. The van der Waals surface area contributed by atoms with Gasteiger partial charge in [-0.15, -0.1) is 11.8 Å². The summed E-state index contributed by atoms with van der Waals surface area (Å²) in [6.45, 7) is 5.35. The number of anilines is 1. The van der Waals surface area contributed by atoms with Crippen LogP contribution < -0.4 is 4.90 Å². The lowest BCUT2D eigenvalue weighted by molar-refractivity contribution is -0.139. The van der Waals surface area contributed by atoms with E-state index in [1.54, 1.807) is 24.3 Å². The Balaban J connectivity index is 1.57. The highest BCUT2D eigenvalue weighted by atomic mass is 35.5. The van der Waals surface area contributed by atoms with Crippen molar-refractivity contribution in [1.82, 2.24) is 9.80 Å². The standard InChI is InChI=1S/C27H34ClN3O5S/c1-2-19-37-24(27(35)36)26(34)31(17-18-32)23-9-5-21(6-10-23)25(33)30-15-13-29(14-16-30)12-11-20-3-7-22(28)8-4-20/h3-10,24,32H,2,11-19H2,1H3,(H,35,36). The maximum absolute atomic E-state index is 13.1. The van der Waals surface area contributed by atoms with E-state index in [0.29, 0.717) is 30.1 Å². The normalized spacial score (nSPS) is 14.8. The van der Waals surface area contributed by atoms with Crippen molar-refractivity contribution in [3.8, 4) is 0 Å². The lowest BCUT2D eigenvalue weighted by Gasteiger charge is -2.35. The Hall–Kier alpha value is -2.59. The summed E-state index contributed by atoms with van der Waals surface area (Å²) in [5, 5.41) is 18.5. The van der Waals surface area contributed by atoms with Crippen LogP contribution in [0, 0.1) is 0 Å². The Morgan fingerprint density at radius 2 is 1.68 bits per heavy atom. The molecule has 0 aromatic heterocycles. The number of hydrogen-bond acceptors (Lipinski definition) is 6. The van der Waals surface area contributed by atoms with Gasteiger partial charge in [-0.25, -0.2) is 0 Å². The van der Waals surface area contributed by atoms with Gasteiger partial charge in [-0.3, -0.25) is 19.3 Å². The van der Waals surface area contributed by atoms with Crippen LogP contribution in [-0.2, 0) is 16.0 Å². The largest absolute Gasteiger partial charge is 0.480 e. The number of nitrogens with zero attached hydrogens (tertiary/aromatic N) is 3. The van der Waals surface area contributed by atoms with Crippen LogP contribution in [0.2, 0.25) is 5.02 Å². The van der Waals surface area contributed by atoms with Crippen molar-refractivity contribution in [3.05, 3.63) is 64.7 Å². The van der Waals surface area contributed by atoms with Crippen molar-refractivity contribution in [1.29, 1.82) is 0 Å². The first kappa shape index (κ1) is 29.0. The molecule has 0 bridgehead atoms. The van der Waals surface area contributed by atoms with E-state index >= 15 is 0 Å². The average molecular weight is 548 g/mol. The van der Waals surface area contributed by atoms with Gasteiger partial charge in [0.2, 0.25) is 0 Å². The highest BCUT2D eigenvalue weighted by Gasteiger charge is 2.31. The third kappa shape index (κ3) is 8.20. The molecule has 3 rings (SSSR count). The van der Waals surface area contributed by atoms with Crippen LogP contribution >= 0.6 is 23.4 Å². The molecule has 2 N–H and O–H groups in total. The number of carboxylic acids is 1. The fourth-order valence-corrected chi connectivity index (χ4v) is 5.18. The van der Waals surface area contributed by atoms with Gasteiger partial charge in [-0.1, -0.05) is 30.7 Å². The highest BCUT2D eigenvalue weighted by molar-refractivity contribution is 8.01. The van der Waals surface area contributed by atoms with Gasteiger partial charge in [-0.2, -0.15) is 0 Å². The fourth-order valence-electron chi connectivity index (χ4n) is 4.17. The molecule has 0 aliphatic carbocycles. The maximum Gasteiger partial charge on any atom is 0.326 e. The first-order chi connectivity index (χ1) is 17.8. The van der Waals surface area contributed by atoms with E-state index in [4.69, 9.17) is 11.6 Å². The predicted molar refractivity (Wildman–Crippen MR) is 148 cm³/mol. The lowest BCUT2D eigenvalue weighted by atomic mass is 10.1. The van der Waals surface area contributed by atoms with Gasteiger partial charge in [0.15, 0.2) is 5.25 Å². The topological polar surface area (TPSA) is 101 Å². The first-order valence-corrected chi connectivity index (χ1v) is 13.9. The summed E-state index contributed by atoms with van der Waals surface area (Å²) < 4.78 is 0. The van der Waals surface area contributed by atoms with Gasteiger partial charge < -0.3 is 20.0 Å². The molecule has 1 atom stereocenters. The zero-order valence-corrected chi connectivity index (χ0v) is 22.6. The molecule has 1 saturated heterocycles. The Bertz CT molecular complexity index is 1040. The molecule has 0 radical (unpaired) electrons. The number of piperazine rings is 1. The van der Waals surface area contributed by atoms with Gasteiger partial charge in [0.25, 0.3) is 11.8 Å². The average Bonchev–Trinajstić information content (AvgIpc) is 2.91. The molecule has 1 aliphatic heterocycles. The SMILES string of the molecule is CCCSC(C(=O)O)C(=O)N(CCO)c1ccc(C(=O)N2CCN(CCc3ccc(Cl)cc3)CC2)cc1. The van der Waals surface area contributed by atoms with Crippen LogP contribution in [0.4, 0.5) is 5.69 Å². The number of aliphatic carboxylic acids is 1. The zero-order chi connectivity index (χ0) is 26.8. The third-order valence-corrected chi connectivity index (χ3v) is 7.87. The van der Waals surface area contributed by atoms with Crippen LogP contribution in [0.25, 0.3) is 0 Å². The number of carbonyl (C=O) groups excluding carboxylic acids is 2. The molecule has 200 valence electrons. The zero-order valence-electron chi connectivity index (χ0n) is 21.0. The summed E-state index contributed by atoms with van der Waals surface area (Å²) in [5.41, 5.74) is 2.19. The van der Waals surface area contributed by atoms with Crippen molar-refractivity contribution in [3.63, 3.8) is 0 Å². The van der Waals surface area contributed by atoms with E-state index < -0.39 is 17.1 Å². The number of halogens is 1. The Labute approximate surface area is 227 Å². The Morgan fingerprint density at radius 3 is 2.24 bits per heavy atom. The van der Waals surface area contributed by atoms with Crippen LogP contribution in [0.5, 0.6) is 0 Å². The number of aliphatic hydroxyl groups excluding tert-OH is 1. The Kier molecular flexibility index (Phi) is 11.3. The molecule has 1 fully saturated rings. The lowest BCUT2D eigenvalue weighted by Crippen LogP contribution is -2.49. The summed E-state index contributed by atoms with van der Waals surface area (Å²) in [5.74, 6) is -1.33. The van der Waals surface area contributed by atoms with E-state index in [1.807, 2.05) is 36.1 Å². The summed E-state index contributed by atoms with van der Waals surface area (Å²) in [4.78, 5) is 43.1. The molecule has 0 saturated carbocycles. The third-order valence-electron chi connectivity index (χ3n) is 6.24. The van der Waals surface area contributed by atoms with Crippen LogP contribution in [-0.4, -0.2) is 94.7 Å². The van der Waals surface area contributed by atoms with E-state index in [-0.39, 0.29) is 19.1 Å². The number of benzene rings is 2. The smallest absolute Gasteiger partial charge is 0.326 e. The number of aliphatic hydroxyl groups is 1. The second-order valence-corrected chi connectivity index (χ2v) is 10.5. The minimum Gasteiger partial charge on any atom is -0.480 e. The summed E-state index contributed by atoms with van der Waals surface area (Å²) >= 11 is 7.03. The quantitative estimate of drug-likeness (QED) is 0.393. The van der Waals surface area contributed by atoms with E-state index in [9.17, 15) is 24.6 Å². The molecule has 10 heteroatoms. The van der Waals surface area contributed by atoms with Crippen molar-refractivity contribution < 1.29 is 24.6 Å². The number of amides is 2. The molecule has 1 heterocycles. The monoisotopic (exact) mass is 547 g/mol. The predicted octanol–water partition coefficient (Wildman–Crippen LogP) is 3.26. The van der Waals surface area contributed by atoms with Crippen molar-refractivity contribution in [2.45, 2.75) is 25.0 Å². The summed E-state index contributed by atoms with van der Waals surface area (Å²) in [6, 6.07) is 14.4. The summed E-state index contributed by atoms with van der Waals surface area (Å²) in [7, 11) is 0. The van der Waals surface area contributed by atoms with Crippen molar-refractivity contribution in [2.24, 2.45) is 0 Å². The number of hydrogen-bond donors (Lipinski definition) is 2. The molecule has 1 aliphatic rings. The van der Waals surface area contributed by atoms with Crippen LogP contribution in [0.3, 0.4) is 0 Å². The number of thioether (sulfide) groups is 1. The van der Waals surface area contributed by atoms with Crippen molar-refractivity contribution >= 4 is 46.8 Å². The Morgan fingerprint density at radius 1 is 1.03 bits per heavy atom. The van der Waals surface area contributed by atoms with Gasteiger partial charge in [0.05, 0.1) is 6.61 Å². The van der Waals surface area contributed by atoms with E-state index in [2.05, 4.69) is 4.90 Å². The number of carboxylic acid groups (broad SMARTS) is 1. The molecule has 37 heavy (non-hydrogen) atoms. The molecule has 2 aromatic carbocycles. The molecule has 0 spiro atoms.